The standard InChI is InChI=1S/C22H29FN2O4/c1-15-12-16(2-3-19(15)23)20(27)25-10-6-22(7-11-25)13-18(29-21(22)28)14-24-8-4-17(26)5-9-24/h2-3,12,17-18,26H,4-11,13-14H2,1H3. The fourth-order valence-electron chi connectivity index (χ4n) is 4.84. The van der Waals surface area contributed by atoms with E-state index in [-0.39, 0.29) is 29.9 Å². The number of rotatable bonds is 3. The Bertz CT molecular complexity index is 783. The van der Waals surface area contributed by atoms with Gasteiger partial charge in [-0.3, -0.25) is 14.5 Å². The van der Waals surface area contributed by atoms with Crippen LogP contribution < -0.4 is 0 Å². The molecule has 0 saturated carbocycles. The zero-order valence-corrected chi connectivity index (χ0v) is 16.9. The Balaban J connectivity index is 1.33. The molecular weight excluding hydrogens is 375 g/mol. The highest BCUT2D eigenvalue weighted by Crippen LogP contribution is 2.43. The Morgan fingerprint density at radius 2 is 1.93 bits per heavy atom. The third-order valence-electron chi connectivity index (χ3n) is 6.76. The molecule has 0 aliphatic carbocycles. The summed E-state index contributed by atoms with van der Waals surface area (Å²) < 4.78 is 19.2. The molecule has 29 heavy (non-hydrogen) atoms. The van der Waals surface area contributed by atoms with E-state index in [0.717, 1.165) is 32.5 Å². The molecule has 1 N–H and O–H groups in total. The summed E-state index contributed by atoms with van der Waals surface area (Å²) >= 11 is 0. The van der Waals surface area contributed by atoms with Crippen molar-refractivity contribution < 1.29 is 23.8 Å². The van der Waals surface area contributed by atoms with Gasteiger partial charge in [0, 0.05) is 44.7 Å². The molecule has 3 aliphatic rings. The molecule has 0 aromatic heterocycles. The number of nitrogens with zero attached hydrogens (tertiary/aromatic N) is 2. The van der Waals surface area contributed by atoms with Gasteiger partial charge in [0.1, 0.15) is 11.9 Å². The van der Waals surface area contributed by atoms with Crippen molar-refractivity contribution in [2.75, 3.05) is 32.7 Å². The Hall–Kier alpha value is -1.99. The largest absolute Gasteiger partial charge is 0.461 e. The number of esters is 1. The van der Waals surface area contributed by atoms with Crippen molar-refractivity contribution in [2.45, 2.75) is 51.2 Å². The quantitative estimate of drug-likeness (QED) is 0.782. The van der Waals surface area contributed by atoms with E-state index in [9.17, 15) is 19.1 Å². The van der Waals surface area contributed by atoms with Gasteiger partial charge in [-0.15, -0.1) is 0 Å². The molecule has 1 spiro atoms. The van der Waals surface area contributed by atoms with Crippen LogP contribution in [0.3, 0.4) is 0 Å². The first-order valence-electron chi connectivity index (χ1n) is 10.5. The Labute approximate surface area is 170 Å². The number of piperidine rings is 2. The van der Waals surface area contributed by atoms with Crippen LogP contribution in [0, 0.1) is 18.2 Å². The van der Waals surface area contributed by atoms with Crippen LogP contribution in [-0.2, 0) is 9.53 Å². The maximum Gasteiger partial charge on any atom is 0.312 e. The van der Waals surface area contributed by atoms with Crippen LogP contribution in [0.25, 0.3) is 0 Å². The van der Waals surface area contributed by atoms with Gasteiger partial charge in [-0.05, 0) is 56.4 Å². The van der Waals surface area contributed by atoms with Gasteiger partial charge in [0.15, 0.2) is 0 Å². The second kappa shape index (κ2) is 8.03. The zero-order valence-electron chi connectivity index (χ0n) is 16.9. The van der Waals surface area contributed by atoms with Crippen LogP contribution in [-0.4, -0.2) is 71.7 Å². The number of aliphatic hydroxyl groups is 1. The number of aryl methyl sites for hydroxylation is 1. The van der Waals surface area contributed by atoms with Crippen LogP contribution in [0.5, 0.6) is 0 Å². The fourth-order valence-corrected chi connectivity index (χ4v) is 4.84. The van der Waals surface area contributed by atoms with Crippen LogP contribution in [0.2, 0.25) is 0 Å². The minimum Gasteiger partial charge on any atom is -0.461 e. The van der Waals surface area contributed by atoms with E-state index in [1.165, 1.54) is 12.1 Å². The van der Waals surface area contributed by atoms with Gasteiger partial charge < -0.3 is 14.7 Å². The Kier molecular flexibility index (Phi) is 5.62. The topological polar surface area (TPSA) is 70.1 Å². The molecule has 3 fully saturated rings. The highest BCUT2D eigenvalue weighted by molar-refractivity contribution is 5.94. The Morgan fingerprint density at radius 1 is 1.24 bits per heavy atom. The predicted octanol–water partition coefficient (Wildman–Crippen LogP) is 2.13. The van der Waals surface area contributed by atoms with Crippen molar-refractivity contribution >= 4 is 11.9 Å². The lowest BCUT2D eigenvalue weighted by Crippen LogP contribution is -2.45. The van der Waals surface area contributed by atoms with E-state index >= 15 is 0 Å². The molecule has 3 aliphatic heterocycles. The second-order valence-electron chi connectivity index (χ2n) is 8.80. The number of hydrogen-bond acceptors (Lipinski definition) is 5. The third-order valence-corrected chi connectivity index (χ3v) is 6.76. The SMILES string of the molecule is Cc1cc(C(=O)N2CCC3(CC2)CC(CN2CCC(O)CC2)OC3=O)ccc1F. The summed E-state index contributed by atoms with van der Waals surface area (Å²) in [5.74, 6) is -0.566. The maximum absolute atomic E-state index is 13.5. The number of halogens is 1. The van der Waals surface area contributed by atoms with E-state index in [1.807, 2.05) is 0 Å². The van der Waals surface area contributed by atoms with Gasteiger partial charge >= 0.3 is 5.97 Å². The minimum atomic E-state index is -0.491. The molecular formula is C22H29FN2O4. The molecule has 3 heterocycles. The second-order valence-corrected chi connectivity index (χ2v) is 8.80. The van der Waals surface area contributed by atoms with Gasteiger partial charge in [-0.1, -0.05) is 0 Å². The molecule has 1 amide bonds. The first-order chi connectivity index (χ1) is 13.9. The summed E-state index contributed by atoms with van der Waals surface area (Å²) in [6.45, 7) is 5.05. The van der Waals surface area contributed by atoms with Crippen molar-refractivity contribution in [2.24, 2.45) is 5.41 Å². The summed E-state index contributed by atoms with van der Waals surface area (Å²) in [5, 5.41) is 9.65. The van der Waals surface area contributed by atoms with E-state index in [0.29, 0.717) is 43.5 Å². The molecule has 158 valence electrons. The van der Waals surface area contributed by atoms with E-state index < -0.39 is 5.41 Å². The number of cyclic esters (lactones) is 1. The highest BCUT2D eigenvalue weighted by Gasteiger charge is 2.51. The average Bonchev–Trinajstić information content (AvgIpc) is 3.00. The van der Waals surface area contributed by atoms with Gasteiger partial charge in [0.05, 0.1) is 11.5 Å². The van der Waals surface area contributed by atoms with Crippen molar-refractivity contribution in [1.82, 2.24) is 9.80 Å². The smallest absolute Gasteiger partial charge is 0.312 e. The summed E-state index contributed by atoms with van der Waals surface area (Å²) in [5.41, 5.74) is 0.450. The number of carbonyl (C=O) groups excluding carboxylic acids is 2. The van der Waals surface area contributed by atoms with Crippen molar-refractivity contribution in [1.29, 1.82) is 0 Å². The van der Waals surface area contributed by atoms with Crippen LogP contribution in [0.1, 0.15) is 48.0 Å². The lowest BCUT2D eigenvalue weighted by molar-refractivity contribution is -0.151. The molecule has 1 unspecified atom stereocenters. The molecule has 7 heteroatoms. The molecule has 1 aromatic rings. The van der Waals surface area contributed by atoms with E-state index in [4.69, 9.17) is 4.74 Å². The molecule has 0 bridgehead atoms. The van der Waals surface area contributed by atoms with Crippen LogP contribution >= 0.6 is 0 Å². The van der Waals surface area contributed by atoms with Crippen molar-refractivity contribution in [3.63, 3.8) is 0 Å². The number of aliphatic hydroxyl groups excluding tert-OH is 1. The van der Waals surface area contributed by atoms with Crippen LogP contribution in [0.15, 0.2) is 18.2 Å². The monoisotopic (exact) mass is 404 g/mol. The van der Waals surface area contributed by atoms with Gasteiger partial charge in [-0.25, -0.2) is 4.39 Å². The molecule has 1 aromatic carbocycles. The lowest BCUT2D eigenvalue weighted by Gasteiger charge is -2.36. The number of hydrogen-bond donors (Lipinski definition) is 1. The fraction of sp³-hybridized carbons (Fsp3) is 0.636. The highest BCUT2D eigenvalue weighted by atomic mass is 19.1. The molecule has 1 atom stereocenters. The maximum atomic E-state index is 13.5. The molecule has 4 rings (SSSR count). The summed E-state index contributed by atoms with van der Waals surface area (Å²) in [4.78, 5) is 29.4. The van der Waals surface area contributed by atoms with E-state index in [2.05, 4.69) is 4.90 Å². The molecule has 3 saturated heterocycles. The minimum absolute atomic E-state index is 0.111. The number of ether oxygens (including phenoxy) is 1. The van der Waals surface area contributed by atoms with E-state index in [1.54, 1.807) is 17.9 Å². The number of amides is 1. The first-order valence-corrected chi connectivity index (χ1v) is 10.5. The third kappa shape index (κ3) is 4.16. The van der Waals surface area contributed by atoms with Crippen LogP contribution in [0.4, 0.5) is 4.39 Å². The summed E-state index contributed by atoms with van der Waals surface area (Å²) in [6.07, 6.45) is 3.12. The first kappa shape index (κ1) is 20.3. The van der Waals surface area contributed by atoms with Gasteiger partial charge in [0.25, 0.3) is 5.91 Å². The van der Waals surface area contributed by atoms with Gasteiger partial charge in [0.2, 0.25) is 0 Å². The normalized spacial score (nSPS) is 25.4. The molecule has 0 radical (unpaired) electrons. The number of likely N-dealkylation sites (tertiary alicyclic amines) is 2. The van der Waals surface area contributed by atoms with Crippen molar-refractivity contribution in [3.8, 4) is 0 Å². The predicted molar refractivity (Wildman–Crippen MR) is 105 cm³/mol. The zero-order chi connectivity index (χ0) is 20.6. The molecule has 6 nitrogen and oxygen atoms in total. The number of benzene rings is 1. The summed E-state index contributed by atoms with van der Waals surface area (Å²) in [6, 6.07) is 4.43. The Morgan fingerprint density at radius 3 is 2.59 bits per heavy atom. The number of carbonyl (C=O) groups is 2. The average molecular weight is 404 g/mol. The van der Waals surface area contributed by atoms with Gasteiger partial charge in [-0.2, -0.15) is 0 Å². The summed E-state index contributed by atoms with van der Waals surface area (Å²) in [7, 11) is 0. The van der Waals surface area contributed by atoms with Crippen molar-refractivity contribution in [3.05, 3.63) is 35.1 Å². The lowest BCUT2D eigenvalue weighted by atomic mass is 9.76.